The number of rotatable bonds is 7. The fourth-order valence-corrected chi connectivity index (χ4v) is 1.55. The molecule has 1 amide bonds. The number of amides is 1. The number of carboxylic acids is 1. The number of carbonyl (C=O) groups excluding carboxylic acids is 2. The fraction of sp³-hybridized carbons (Fsp3) is 0.769. The Morgan fingerprint density at radius 3 is 2.00 bits per heavy atom. The van der Waals surface area contributed by atoms with Crippen LogP contribution in [0.4, 0.5) is 0 Å². The lowest BCUT2D eigenvalue weighted by atomic mass is 9.94. The lowest BCUT2D eigenvalue weighted by molar-refractivity contribution is -0.154. The second-order valence-corrected chi connectivity index (χ2v) is 4.78. The zero-order valence-corrected chi connectivity index (χ0v) is 12.2. The Labute approximate surface area is 113 Å². The van der Waals surface area contributed by atoms with Gasteiger partial charge in [-0.1, -0.05) is 13.8 Å². The molecule has 19 heavy (non-hydrogen) atoms. The van der Waals surface area contributed by atoms with Gasteiger partial charge in [-0.2, -0.15) is 0 Å². The Morgan fingerprint density at radius 1 is 1.11 bits per heavy atom. The summed E-state index contributed by atoms with van der Waals surface area (Å²) in [5, 5.41) is 8.93. The van der Waals surface area contributed by atoms with Gasteiger partial charge < -0.3 is 14.7 Å². The van der Waals surface area contributed by atoms with Crippen molar-refractivity contribution >= 4 is 17.8 Å². The van der Waals surface area contributed by atoms with Crippen molar-refractivity contribution < 1.29 is 24.2 Å². The normalized spacial score (nSPS) is 13.8. The maximum Gasteiger partial charge on any atom is 0.325 e. The summed E-state index contributed by atoms with van der Waals surface area (Å²) in [4.78, 5) is 35.9. The lowest BCUT2D eigenvalue weighted by Gasteiger charge is -2.29. The zero-order chi connectivity index (χ0) is 15.2. The van der Waals surface area contributed by atoms with E-state index in [2.05, 4.69) is 0 Å². The van der Waals surface area contributed by atoms with E-state index in [0.717, 1.165) is 0 Å². The summed E-state index contributed by atoms with van der Waals surface area (Å²) in [6.45, 7) is 8.37. The predicted molar refractivity (Wildman–Crippen MR) is 69.4 cm³/mol. The smallest absolute Gasteiger partial charge is 0.325 e. The molecule has 110 valence electrons. The molecule has 0 radical (unpaired) electrons. The Kier molecular flexibility index (Phi) is 7.11. The van der Waals surface area contributed by atoms with Crippen molar-refractivity contribution in [3.63, 3.8) is 0 Å². The first-order valence-electron chi connectivity index (χ1n) is 6.41. The largest absolute Gasteiger partial charge is 0.481 e. The summed E-state index contributed by atoms with van der Waals surface area (Å²) in [5.41, 5.74) is 0. The highest BCUT2D eigenvalue weighted by molar-refractivity contribution is 5.87. The van der Waals surface area contributed by atoms with Crippen LogP contribution in [0.1, 0.15) is 34.6 Å². The SMILES string of the molecule is CCOC(=O)CN(C(=O)C(C)C(C)C(=O)O)C(C)C. The molecule has 0 saturated carbocycles. The molecule has 6 nitrogen and oxygen atoms in total. The van der Waals surface area contributed by atoms with E-state index in [0.29, 0.717) is 0 Å². The molecule has 0 fully saturated rings. The van der Waals surface area contributed by atoms with Gasteiger partial charge in [0.25, 0.3) is 0 Å². The van der Waals surface area contributed by atoms with Crippen LogP contribution >= 0.6 is 0 Å². The van der Waals surface area contributed by atoms with Crippen LogP contribution in [0.3, 0.4) is 0 Å². The minimum absolute atomic E-state index is 0.152. The second-order valence-electron chi connectivity index (χ2n) is 4.78. The van der Waals surface area contributed by atoms with Gasteiger partial charge in [0.15, 0.2) is 0 Å². The molecule has 6 heteroatoms. The molecule has 2 unspecified atom stereocenters. The van der Waals surface area contributed by atoms with Crippen LogP contribution in [-0.2, 0) is 19.1 Å². The zero-order valence-electron chi connectivity index (χ0n) is 12.2. The van der Waals surface area contributed by atoms with Crippen LogP contribution < -0.4 is 0 Å². The van der Waals surface area contributed by atoms with Crippen molar-refractivity contribution in [2.45, 2.75) is 40.7 Å². The minimum atomic E-state index is -1.03. The van der Waals surface area contributed by atoms with E-state index in [9.17, 15) is 14.4 Å². The van der Waals surface area contributed by atoms with Gasteiger partial charge >= 0.3 is 11.9 Å². The van der Waals surface area contributed by atoms with Crippen molar-refractivity contribution in [3.8, 4) is 0 Å². The van der Waals surface area contributed by atoms with Crippen LogP contribution in [0.25, 0.3) is 0 Å². The van der Waals surface area contributed by atoms with Gasteiger partial charge in [-0.25, -0.2) is 0 Å². The molecule has 0 spiro atoms. The summed E-state index contributed by atoms with van der Waals surface area (Å²) in [6, 6.07) is -0.194. The molecule has 2 atom stereocenters. The molecule has 1 N–H and O–H groups in total. The van der Waals surface area contributed by atoms with E-state index in [4.69, 9.17) is 9.84 Å². The van der Waals surface area contributed by atoms with E-state index in [1.807, 2.05) is 0 Å². The van der Waals surface area contributed by atoms with Gasteiger partial charge in [0.05, 0.1) is 12.5 Å². The van der Waals surface area contributed by atoms with E-state index in [1.54, 1.807) is 27.7 Å². The molecule has 0 aliphatic rings. The van der Waals surface area contributed by atoms with Crippen molar-refractivity contribution in [1.29, 1.82) is 0 Å². The molecule has 0 aromatic carbocycles. The summed E-state index contributed by atoms with van der Waals surface area (Å²) < 4.78 is 4.81. The summed E-state index contributed by atoms with van der Waals surface area (Å²) in [6.07, 6.45) is 0. The third kappa shape index (κ3) is 5.28. The standard InChI is InChI=1S/C13H23NO5/c1-6-19-11(15)7-14(8(2)3)12(16)9(4)10(5)13(17)18/h8-10H,6-7H2,1-5H3,(H,17,18). The van der Waals surface area contributed by atoms with Crippen LogP contribution in [-0.4, -0.2) is 47.0 Å². The Morgan fingerprint density at radius 2 is 1.63 bits per heavy atom. The van der Waals surface area contributed by atoms with E-state index >= 15 is 0 Å². The number of hydrogen-bond donors (Lipinski definition) is 1. The Hall–Kier alpha value is -1.59. The van der Waals surface area contributed by atoms with Crippen LogP contribution in [0.15, 0.2) is 0 Å². The molecule has 0 heterocycles. The van der Waals surface area contributed by atoms with Gasteiger partial charge in [0, 0.05) is 12.0 Å². The van der Waals surface area contributed by atoms with Crippen molar-refractivity contribution in [1.82, 2.24) is 4.90 Å². The minimum Gasteiger partial charge on any atom is -0.481 e. The molecule has 0 aromatic rings. The molecule has 0 saturated heterocycles. The first kappa shape index (κ1) is 17.4. The third-order valence-corrected chi connectivity index (χ3v) is 3.04. The van der Waals surface area contributed by atoms with Crippen LogP contribution in [0, 0.1) is 11.8 Å². The molecule has 0 rings (SSSR count). The van der Waals surface area contributed by atoms with E-state index in [1.165, 1.54) is 11.8 Å². The number of hydrogen-bond acceptors (Lipinski definition) is 4. The van der Waals surface area contributed by atoms with Gasteiger partial charge in [0.2, 0.25) is 5.91 Å². The summed E-state index contributed by atoms with van der Waals surface area (Å²) in [7, 11) is 0. The molecular weight excluding hydrogens is 250 g/mol. The Balaban J connectivity index is 4.84. The lowest BCUT2D eigenvalue weighted by Crippen LogP contribution is -2.45. The average Bonchev–Trinajstić information content (AvgIpc) is 2.33. The fourth-order valence-electron chi connectivity index (χ4n) is 1.55. The Bertz CT molecular complexity index is 340. The van der Waals surface area contributed by atoms with E-state index < -0.39 is 23.8 Å². The highest BCUT2D eigenvalue weighted by atomic mass is 16.5. The van der Waals surface area contributed by atoms with Gasteiger partial charge in [-0.3, -0.25) is 14.4 Å². The molecule has 0 aliphatic heterocycles. The second kappa shape index (κ2) is 7.76. The van der Waals surface area contributed by atoms with E-state index in [-0.39, 0.29) is 25.1 Å². The predicted octanol–water partition coefficient (Wildman–Crippen LogP) is 1.14. The molecular formula is C13H23NO5. The first-order chi connectivity index (χ1) is 8.72. The molecule has 0 aliphatic carbocycles. The van der Waals surface area contributed by atoms with Gasteiger partial charge in [-0.15, -0.1) is 0 Å². The number of carboxylic acid groups (broad SMARTS) is 1. The number of aliphatic carboxylic acids is 1. The highest BCUT2D eigenvalue weighted by Crippen LogP contribution is 2.16. The number of nitrogens with zero attached hydrogens (tertiary/aromatic N) is 1. The number of ether oxygens (including phenoxy) is 1. The van der Waals surface area contributed by atoms with Gasteiger partial charge in [-0.05, 0) is 20.8 Å². The topological polar surface area (TPSA) is 83.9 Å². The maximum atomic E-state index is 12.2. The first-order valence-corrected chi connectivity index (χ1v) is 6.41. The summed E-state index contributed by atoms with van der Waals surface area (Å²) in [5.74, 6) is -3.34. The van der Waals surface area contributed by atoms with Gasteiger partial charge in [0.1, 0.15) is 6.54 Å². The molecule has 0 bridgehead atoms. The highest BCUT2D eigenvalue weighted by Gasteiger charge is 2.31. The van der Waals surface area contributed by atoms with Crippen molar-refractivity contribution in [2.75, 3.05) is 13.2 Å². The maximum absolute atomic E-state index is 12.2. The summed E-state index contributed by atoms with van der Waals surface area (Å²) >= 11 is 0. The molecule has 0 aromatic heterocycles. The van der Waals surface area contributed by atoms with Crippen molar-refractivity contribution in [3.05, 3.63) is 0 Å². The monoisotopic (exact) mass is 273 g/mol. The van der Waals surface area contributed by atoms with Crippen LogP contribution in [0.5, 0.6) is 0 Å². The number of carbonyl (C=O) groups is 3. The third-order valence-electron chi connectivity index (χ3n) is 3.04. The average molecular weight is 273 g/mol. The number of esters is 1. The van der Waals surface area contributed by atoms with Crippen molar-refractivity contribution in [2.24, 2.45) is 11.8 Å². The van der Waals surface area contributed by atoms with Crippen LogP contribution in [0.2, 0.25) is 0 Å². The quantitative estimate of drug-likeness (QED) is 0.703.